The van der Waals surface area contributed by atoms with Gasteiger partial charge in [-0.1, -0.05) is 42.5 Å². The van der Waals surface area contributed by atoms with E-state index in [1.165, 1.54) is 0 Å². The van der Waals surface area contributed by atoms with Crippen LogP contribution in [0.3, 0.4) is 0 Å². The van der Waals surface area contributed by atoms with E-state index in [-0.39, 0.29) is 18.7 Å². The van der Waals surface area contributed by atoms with Crippen LogP contribution in [-0.4, -0.2) is 28.0 Å². The summed E-state index contributed by atoms with van der Waals surface area (Å²) in [6.07, 6.45) is 0. The first-order chi connectivity index (χ1) is 11.6. The van der Waals surface area contributed by atoms with Crippen LogP contribution < -0.4 is 10.6 Å². The molecule has 0 fully saturated rings. The summed E-state index contributed by atoms with van der Waals surface area (Å²) in [5, 5.41) is 14.3. The standard InChI is InChI=1S/C18H22N2O3S/c1-14(11-21)19-18(22)20-17-9-5-8-16(10-17)13-24(23)12-15-6-3-2-4-7-15/h2-10,14,21H,11-13H2,1H3,(H2,19,20,22)/t14-,24+/m1/s1. The van der Waals surface area contributed by atoms with Gasteiger partial charge >= 0.3 is 6.03 Å². The number of urea groups is 1. The summed E-state index contributed by atoms with van der Waals surface area (Å²) < 4.78 is 12.3. The van der Waals surface area contributed by atoms with Crippen LogP contribution in [0.2, 0.25) is 0 Å². The van der Waals surface area contributed by atoms with Crippen molar-refractivity contribution in [2.24, 2.45) is 0 Å². The monoisotopic (exact) mass is 346 g/mol. The molecule has 0 aliphatic rings. The highest BCUT2D eigenvalue weighted by Gasteiger charge is 2.08. The molecule has 2 amide bonds. The number of aliphatic hydroxyl groups is 1. The third kappa shape index (κ3) is 6.14. The minimum atomic E-state index is -1.01. The van der Waals surface area contributed by atoms with Crippen molar-refractivity contribution in [2.45, 2.75) is 24.5 Å². The van der Waals surface area contributed by atoms with Crippen molar-refractivity contribution >= 4 is 22.5 Å². The number of carbonyl (C=O) groups is 1. The average molecular weight is 346 g/mol. The second-order valence-corrected chi connectivity index (χ2v) is 7.05. The predicted octanol–water partition coefficient (Wildman–Crippen LogP) is 2.64. The summed E-state index contributed by atoms with van der Waals surface area (Å²) in [7, 11) is -1.01. The number of anilines is 1. The summed E-state index contributed by atoms with van der Waals surface area (Å²) in [6.45, 7) is 1.59. The van der Waals surface area contributed by atoms with E-state index in [0.717, 1.165) is 11.1 Å². The van der Waals surface area contributed by atoms with Gasteiger partial charge in [0.1, 0.15) is 0 Å². The van der Waals surface area contributed by atoms with Crippen LogP contribution in [0.1, 0.15) is 18.1 Å². The maximum absolute atomic E-state index is 12.3. The highest BCUT2D eigenvalue weighted by molar-refractivity contribution is 7.83. The third-order valence-corrected chi connectivity index (χ3v) is 4.64. The second kappa shape index (κ2) is 9.20. The number of aliphatic hydroxyl groups excluding tert-OH is 1. The Bertz CT molecular complexity index is 692. The minimum Gasteiger partial charge on any atom is -0.394 e. The molecule has 0 unspecified atom stereocenters. The van der Waals surface area contributed by atoms with Gasteiger partial charge in [0.15, 0.2) is 0 Å². The SMILES string of the molecule is C[C@H](CO)NC(=O)Nc1cccc(C[S@@](=O)Cc2ccccc2)c1. The van der Waals surface area contributed by atoms with E-state index >= 15 is 0 Å². The molecule has 6 heteroatoms. The fraction of sp³-hybridized carbons (Fsp3) is 0.278. The zero-order chi connectivity index (χ0) is 17.4. The van der Waals surface area contributed by atoms with Crippen LogP contribution in [0.4, 0.5) is 10.5 Å². The summed E-state index contributed by atoms with van der Waals surface area (Å²) in [5.41, 5.74) is 2.58. The topological polar surface area (TPSA) is 78.4 Å². The Morgan fingerprint density at radius 3 is 2.46 bits per heavy atom. The first kappa shape index (κ1) is 18.2. The lowest BCUT2D eigenvalue weighted by atomic mass is 10.2. The summed E-state index contributed by atoms with van der Waals surface area (Å²) in [5.74, 6) is 0.937. The molecule has 0 aliphatic carbocycles. The van der Waals surface area contributed by atoms with E-state index in [4.69, 9.17) is 5.11 Å². The van der Waals surface area contributed by atoms with Gasteiger partial charge < -0.3 is 15.7 Å². The second-order valence-electron chi connectivity index (χ2n) is 5.60. The number of carbonyl (C=O) groups excluding carboxylic acids is 1. The van der Waals surface area contributed by atoms with Crippen LogP contribution in [0.25, 0.3) is 0 Å². The fourth-order valence-corrected chi connectivity index (χ4v) is 3.39. The molecule has 5 nitrogen and oxygen atoms in total. The number of hydrogen-bond acceptors (Lipinski definition) is 3. The molecule has 0 saturated heterocycles. The number of hydrogen-bond donors (Lipinski definition) is 3. The minimum absolute atomic E-state index is 0.119. The summed E-state index contributed by atoms with van der Waals surface area (Å²) in [4.78, 5) is 11.8. The smallest absolute Gasteiger partial charge is 0.319 e. The van der Waals surface area contributed by atoms with Gasteiger partial charge in [-0.25, -0.2) is 4.79 Å². The first-order valence-corrected chi connectivity index (χ1v) is 9.22. The number of rotatable bonds is 7. The van der Waals surface area contributed by atoms with Crippen LogP contribution in [0.15, 0.2) is 54.6 Å². The Labute approximate surface area is 144 Å². The van der Waals surface area contributed by atoms with Crippen LogP contribution in [0, 0.1) is 0 Å². The van der Waals surface area contributed by atoms with Gasteiger partial charge in [-0.2, -0.15) is 0 Å². The zero-order valence-corrected chi connectivity index (χ0v) is 14.4. The molecule has 0 radical (unpaired) electrons. The molecule has 2 rings (SSSR count). The van der Waals surface area contributed by atoms with Gasteiger partial charge in [-0.3, -0.25) is 4.21 Å². The highest BCUT2D eigenvalue weighted by atomic mass is 32.2. The molecule has 3 N–H and O–H groups in total. The molecule has 2 atom stereocenters. The number of amides is 2. The molecule has 2 aromatic rings. The molecule has 2 aromatic carbocycles. The van der Waals surface area contributed by atoms with E-state index in [0.29, 0.717) is 17.2 Å². The van der Waals surface area contributed by atoms with E-state index in [9.17, 15) is 9.00 Å². The van der Waals surface area contributed by atoms with Crippen LogP contribution in [0.5, 0.6) is 0 Å². The van der Waals surface area contributed by atoms with Crippen molar-refractivity contribution in [1.29, 1.82) is 0 Å². The first-order valence-electron chi connectivity index (χ1n) is 7.73. The van der Waals surface area contributed by atoms with Crippen molar-refractivity contribution in [2.75, 3.05) is 11.9 Å². The Hall–Kier alpha value is -2.18. The van der Waals surface area contributed by atoms with Gasteiger partial charge in [-0.05, 0) is 30.2 Å². The summed E-state index contributed by atoms with van der Waals surface area (Å²) >= 11 is 0. The lowest BCUT2D eigenvalue weighted by Gasteiger charge is -2.12. The number of nitrogens with one attached hydrogen (secondary N) is 2. The molecule has 0 saturated carbocycles. The normalized spacial score (nSPS) is 13.1. The molecule has 128 valence electrons. The van der Waals surface area contributed by atoms with Gasteiger partial charge in [0.05, 0.1) is 12.6 Å². The quantitative estimate of drug-likeness (QED) is 0.721. The van der Waals surface area contributed by atoms with E-state index < -0.39 is 10.8 Å². The van der Waals surface area contributed by atoms with Gasteiger partial charge in [-0.15, -0.1) is 0 Å². The van der Waals surface area contributed by atoms with Crippen LogP contribution >= 0.6 is 0 Å². The molecular weight excluding hydrogens is 324 g/mol. The molecule has 0 spiro atoms. The average Bonchev–Trinajstić information content (AvgIpc) is 2.55. The van der Waals surface area contributed by atoms with Gasteiger partial charge in [0.2, 0.25) is 0 Å². The predicted molar refractivity (Wildman–Crippen MR) is 97.1 cm³/mol. The van der Waals surface area contributed by atoms with E-state index in [2.05, 4.69) is 10.6 Å². The van der Waals surface area contributed by atoms with Crippen molar-refractivity contribution in [3.05, 3.63) is 65.7 Å². The molecule has 0 heterocycles. The molecular formula is C18H22N2O3S. The van der Waals surface area contributed by atoms with Crippen molar-refractivity contribution in [3.8, 4) is 0 Å². The van der Waals surface area contributed by atoms with E-state index in [1.807, 2.05) is 48.5 Å². The summed E-state index contributed by atoms with van der Waals surface area (Å²) in [6, 6.07) is 16.3. The number of benzene rings is 2. The maximum atomic E-state index is 12.3. The fourth-order valence-electron chi connectivity index (χ4n) is 2.17. The Kier molecular flexibility index (Phi) is 6.96. The Morgan fingerprint density at radius 1 is 1.08 bits per heavy atom. The Balaban J connectivity index is 1.92. The van der Waals surface area contributed by atoms with Gasteiger partial charge in [0, 0.05) is 28.0 Å². The molecule has 0 aromatic heterocycles. The molecule has 0 aliphatic heterocycles. The van der Waals surface area contributed by atoms with E-state index in [1.54, 1.807) is 13.0 Å². The highest BCUT2D eigenvalue weighted by Crippen LogP contribution is 2.14. The van der Waals surface area contributed by atoms with Crippen molar-refractivity contribution in [3.63, 3.8) is 0 Å². The van der Waals surface area contributed by atoms with Crippen LogP contribution in [-0.2, 0) is 22.3 Å². The van der Waals surface area contributed by atoms with Crippen molar-refractivity contribution in [1.82, 2.24) is 5.32 Å². The molecule has 24 heavy (non-hydrogen) atoms. The lowest BCUT2D eigenvalue weighted by Crippen LogP contribution is -2.38. The molecule has 0 bridgehead atoms. The van der Waals surface area contributed by atoms with Crippen molar-refractivity contribution < 1.29 is 14.1 Å². The maximum Gasteiger partial charge on any atom is 0.319 e. The third-order valence-electron chi connectivity index (χ3n) is 3.33. The largest absolute Gasteiger partial charge is 0.394 e. The van der Waals surface area contributed by atoms with Gasteiger partial charge in [0.25, 0.3) is 0 Å². The Morgan fingerprint density at radius 2 is 1.75 bits per heavy atom. The lowest BCUT2D eigenvalue weighted by molar-refractivity contribution is 0.229. The zero-order valence-electron chi connectivity index (χ0n) is 13.6.